The zero-order chi connectivity index (χ0) is 28.0. The van der Waals surface area contributed by atoms with Gasteiger partial charge in [0.25, 0.3) is 5.56 Å². The van der Waals surface area contributed by atoms with Gasteiger partial charge in [-0.1, -0.05) is 6.07 Å². The number of fused-ring (bicyclic) bond motifs is 8. The Morgan fingerprint density at radius 3 is 2.07 bits per heavy atom. The first-order chi connectivity index (χ1) is 20.4. The van der Waals surface area contributed by atoms with Crippen molar-refractivity contribution in [2.75, 3.05) is 0 Å². The summed E-state index contributed by atoms with van der Waals surface area (Å²) in [5.41, 5.74) is 3.98. The van der Waals surface area contributed by atoms with Crippen LogP contribution in [-0.2, 0) is 0 Å². The molecule has 8 heterocycles. The van der Waals surface area contributed by atoms with Crippen molar-refractivity contribution in [1.82, 2.24) is 18.9 Å². The van der Waals surface area contributed by atoms with E-state index >= 15 is 0 Å². The molecule has 0 radical (unpaired) electrons. The Morgan fingerprint density at radius 2 is 1.38 bits per heavy atom. The van der Waals surface area contributed by atoms with E-state index in [1.54, 1.807) is 49.7 Å². The molecule has 0 saturated carbocycles. The Labute approximate surface area is 253 Å². The summed E-state index contributed by atoms with van der Waals surface area (Å²) in [7, 11) is 0. The molecule has 0 aliphatic carbocycles. The smallest absolute Gasteiger partial charge is 0.265 e. The molecule has 2 aromatic carbocycles. The molecule has 0 bridgehead atoms. The van der Waals surface area contributed by atoms with Crippen LogP contribution in [0.3, 0.4) is 0 Å². The number of imidazole rings is 2. The van der Waals surface area contributed by atoms with Crippen molar-refractivity contribution < 1.29 is 5.11 Å². The molecule has 0 spiro atoms. The number of aromatic nitrogens is 4. The van der Waals surface area contributed by atoms with E-state index in [1.165, 1.54) is 19.5 Å². The van der Waals surface area contributed by atoms with E-state index in [0.717, 1.165) is 63.6 Å². The van der Waals surface area contributed by atoms with E-state index < -0.39 is 6.23 Å². The Bertz CT molecular complexity index is 2660. The van der Waals surface area contributed by atoms with Gasteiger partial charge in [-0.15, -0.1) is 45.3 Å². The van der Waals surface area contributed by atoms with E-state index in [-0.39, 0.29) is 5.56 Å². The number of hydrogen-bond acceptors (Lipinski definition) is 8. The maximum absolute atomic E-state index is 14.1. The number of nitrogens with zero attached hydrogens (tertiary/aromatic N) is 4. The molecule has 1 unspecified atom stereocenters. The van der Waals surface area contributed by atoms with Gasteiger partial charge in [0, 0.05) is 61.9 Å². The minimum absolute atomic E-state index is 0.0836. The van der Waals surface area contributed by atoms with Crippen LogP contribution in [0, 0.1) is 13.8 Å². The maximum Gasteiger partial charge on any atom is 0.265 e. The van der Waals surface area contributed by atoms with Crippen LogP contribution in [0.15, 0.2) is 65.5 Å². The van der Waals surface area contributed by atoms with Crippen LogP contribution >= 0.6 is 45.3 Å². The van der Waals surface area contributed by atoms with Gasteiger partial charge in [-0.25, -0.2) is 14.4 Å². The van der Waals surface area contributed by atoms with Crippen LogP contribution in [0.5, 0.6) is 0 Å². The third-order valence-electron chi connectivity index (χ3n) is 8.30. The Hall–Kier alpha value is -3.93. The average molecular weight is 619 g/mol. The van der Waals surface area contributed by atoms with E-state index in [2.05, 4.69) is 62.4 Å². The molecule has 0 amide bonds. The molecular weight excluding hydrogens is 601 g/mol. The quantitative estimate of drug-likeness (QED) is 0.210. The fourth-order valence-corrected chi connectivity index (χ4v) is 10.6. The van der Waals surface area contributed by atoms with E-state index in [4.69, 9.17) is 9.97 Å². The van der Waals surface area contributed by atoms with Crippen LogP contribution in [0.25, 0.3) is 78.8 Å². The van der Waals surface area contributed by atoms with Crippen LogP contribution < -0.4 is 5.56 Å². The van der Waals surface area contributed by atoms with Crippen molar-refractivity contribution in [3.05, 3.63) is 86.3 Å². The molecule has 7 aromatic heterocycles. The number of benzene rings is 2. The lowest BCUT2D eigenvalue weighted by atomic mass is 9.91. The average Bonchev–Trinajstić information content (AvgIpc) is 3.80. The second-order valence-electron chi connectivity index (χ2n) is 10.8. The third kappa shape index (κ3) is 2.88. The first kappa shape index (κ1) is 23.6. The minimum Gasteiger partial charge on any atom is -0.369 e. The largest absolute Gasteiger partial charge is 0.369 e. The van der Waals surface area contributed by atoms with Crippen LogP contribution in [0.4, 0.5) is 0 Å². The summed E-state index contributed by atoms with van der Waals surface area (Å²) in [4.78, 5) is 33.1. The monoisotopic (exact) mass is 618 g/mol. The molecule has 1 N–H and O–H groups in total. The summed E-state index contributed by atoms with van der Waals surface area (Å²) >= 11 is 6.78. The lowest BCUT2D eigenvalue weighted by molar-refractivity contribution is 0.153. The van der Waals surface area contributed by atoms with Crippen molar-refractivity contribution in [2.45, 2.75) is 20.1 Å². The molecule has 202 valence electrons. The van der Waals surface area contributed by atoms with Gasteiger partial charge in [0.2, 0.25) is 0 Å². The number of aliphatic hydroxyl groups excluding tert-OH is 1. The second kappa shape index (κ2) is 7.91. The first-order valence-electron chi connectivity index (χ1n) is 13.5. The summed E-state index contributed by atoms with van der Waals surface area (Å²) in [6.45, 7) is 4.21. The van der Waals surface area contributed by atoms with Gasteiger partial charge in [0.1, 0.15) is 32.2 Å². The number of aliphatic hydroxyl groups is 1. The van der Waals surface area contributed by atoms with Gasteiger partial charge in [0.15, 0.2) is 6.23 Å². The fraction of sp³-hybridized carbons (Fsp3) is 0.0938. The molecule has 6 nitrogen and oxygen atoms in total. The van der Waals surface area contributed by atoms with E-state index in [9.17, 15) is 9.90 Å². The SMILES string of the molecule is Cc1ccc(-c2cc3nc4n(c3s2)C(O)c2ccc3c(=O)n5c(nc6cc(-c7ccc(C)s7)sc65)c5ccc-4c2c35)s1. The third-order valence-corrected chi connectivity index (χ3v) is 12.9. The van der Waals surface area contributed by atoms with E-state index in [0.29, 0.717) is 11.0 Å². The molecular formula is C32H18N4O2S4. The summed E-state index contributed by atoms with van der Waals surface area (Å²) in [6, 6.07) is 20.7. The molecule has 10 rings (SSSR count). The minimum atomic E-state index is -0.907. The zero-order valence-corrected chi connectivity index (χ0v) is 25.4. The lowest BCUT2D eigenvalue weighted by Crippen LogP contribution is -2.18. The fourth-order valence-electron chi connectivity index (χ4n) is 6.47. The predicted octanol–water partition coefficient (Wildman–Crippen LogP) is 8.66. The van der Waals surface area contributed by atoms with E-state index in [1.807, 2.05) is 16.7 Å². The van der Waals surface area contributed by atoms with Crippen molar-refractivity contribution in [3.8, 4) is 30.9 Å². The van der Waals surface area contributed by atoms with Gasteiger partial charge >= 0.3 is 0 Å². The highest BCUT2D eigenvalue weighted by Gasteiger charge is 2.32. The summed E-state index contributed by atoms with van der Waals surface area (Å²) < 4.78 is 3.71. The summed E-state index contributed by atoms with van der Waals surface area (Å²) in [6.07, 6.45) is -0.907. The molecule has 10 heteroatoms. The number of thiophene rings is 4. The Balaban J connectivity index is 1.23. The lowest BCUT2D eigenvalue weighted by Gasteiger charge is -2.25. The number of hydrogen-bond donors (Lipinski definition) is 1. The number of pyridine rings is 1. The maximum atomic E-state index is 14.1. The second-order valence-corrected chi connectivity index (χ2v) is 15.4. The van der Waals surface area contributed by atoms with Crippen molar-refractivity contribution in [1.29, 1.82) is 0 Å². The number of aryl methyl sites for hydroxylation is 2. The zero-order valence-electron chi connectivity index (χ0n) is 22.1. The summed E-state index contributed by atoms with van der Waals surface area (Å²) in [5.74, 6) is 0.729. The van der Waals surface area contributed by atoms with Crippen molar-refractivity contribution >= 4 is 93.2 Å². The van der Waals surface area contributed by atoms with Crippen LogP contribution in [0.2, 0.25) is 0 Å². The molecule has 0 saturated heterocycles. The molecule has 0 fully saturated rings. The molecule has 9 aromatic rings. The highest BCUT2D eigenvalue weighted by molar-refractivity contribution is 7.26. The normalized spacial score (nSPS) is 14.9. The van der Waals surface area contributed by atoms with Gasteiger partial charge < -0.3 is 5.11 Å². The molecule has 42 heavy (non-hydrogen) atoms. The highest BCUT2D eigenvalue weighted by atomic mass is 32.1. The molecule has 1 atom stereocenters. The van der Waals surface area contributed by atoms with Gasteiger partial charge in [-0.2, -0.15) is 0 Å². The summed E-state index contributed by atoms with van der Waals surface area (Å²) in [5, 5.41) is 15.1. The number of rotatable bonds is 2. The highest BCUT2D eigenvalue weighted by Crippen LogP contribution is 2.48. The van der Waals surface area contributed by atoms with Gasteiger partial charge in [-0.05, 0) is 68.4 Å². The van der Waals surface area contributed by atoms with Crippen LogP contribution in [-0.4, -0.2) is 24.0 Å². The molecule has 1 aliphatic heterocycles. The standard InChI is InChI=1S/C32H18N4O2S4/c1-13-3-9-21(39-13)23-11-19-31(41-23)35-27(33-19)15-5-6-16-26-18(8-7-17(25(15)26)29(35)37)30(38)36-28(16)34-20-12-24(42-32(20)36)22-10-4-14(2)40-22/h3-12,29,37H,1-2H3. The van der Waals surface area contributed by atoms with Gasteiger partial charge in [-0.3, -0.25) is 9.36 Å². The van der Waals surface area contributed by atoms with Crippen molar-refractivity contribution in [3.63, 3.8) is 0 Å². The van der Waals surface area contributed by atoms with Gasteiger partial charge in [0.05, 0.1) is 0 Å². The predicted molar refractivity (Wildman–Crippen MR) is 176 cm³/mol. The first-order valence-corrected chi connectivity index (χ1v) is 16.7. The Kier molecular flexibility index (Phi) is 4.45. The van der Waals surface area contributed by atoms with Crippen molar-refractivity contribution in [2.24, 2.45) is 0 Å². The van der Waals surface area contributed by atoms with Crippen LogP contribution in [0.1, 0.15) is 21.5 Å². The molecule has 1 aliphatic rings. The Morgan fingerprint density at radius 1 is 0.714 bits per heavy atom. The topological polar surface area (TPSA) is 72.4 Å².